The SMILES string of the molecule is CC(=O)N1CCN(c2ccc(OCC3COC(CCCc4ccc(Cl)cc4)(Cn4ccnc4)O3)cc2)CC1.Cl.Cl. The van der Waals surface area contributed by atoms with Gasteiger partial charge in [0.2, 0.25) is 5.91 Å². The highest BCUT2D eigenvalue weighted by molar-refractivity contribution is 6.30. The minimum absolute atomic E-state index is 0. The van der Waals surface area contributed by atoms with Crippen LogP contribution in [0.5, 0.6) is 5.75 Å². The van der Waals surface area contributed by atoms with Crippen LogP contribution in [0, 0.1) is 0 Å². The fraction of sp³-hybridized carbons (Fsp3) is 0.448. The maximum absolute atomic E-state index is 11.6. The van der Waals surface area contributed by atoms with Crippen molar-refractivity contribution in [3.8, 4) is 5.75 Å². The molecule has 3 aromatic rings. The zero-order valence-corrected chi connectivity index (χ0v) is 25.0. The van der Waals surface area contributed by atoms with Gasteiger partial charge in [-0.1, -0.05) is 23.7 Å². The Morgan fingerprint density at radius 2 is 1.80 bits per heavy atom. The van der Waals surface area contributed by atoms with Crippen LogP contribution in [-0.4, -0.2) is 71.6 Å². The molecule has 2 unspecified atom stereocenters. The predicted molar refractivity (Wildman–Crippen MR) is 161 cm³/mol. The molecule has 2 fully saturated rings. The van der Waals surface area contributed by atoms with Crippen LogP contribution in [0.1, 0.15) is 25.3 Å². The van der Waals surface area contributed by atoms with Gasteiger partial charge in [-0.05, 0) is 54.8 Å². The van der Waals surface area contributed by atoms with Crippen molar-refractivity contribution in [1.82, 2.24) is 14.5 Å². The lowest BCUT2D eigenvalue weighted by Gasteiger charge is -2.35. The summed E-state index contributed by atoms with van der Waals surface area (Å²) in [5.74, 6) is 0.226. The molecule has 2 atom stereocenters. The number of halogens is 3. The quantitative estimate of drug-likeness (QED) is 0.312. The van der Waals surface area contributed by atoms with E-state index in [1.165, 1.54) is 5.56 Å². The number of ether oxygens (including phenoxy) is 3. The molecule has 1 aromatic heterocycles. The molecule has 11 heteroatoms. The second kappa shape index (κ2) is 14.9. The molecule has 2 aromatic carbocycles. The maximum Gasteiger partial charge on any atom is 0.219 e. The second-order valence-corrected chi connectivity index (χ2v) is 10.4. The summed E-state index contributed by atoms with van der Waals surface area (Å²) in [6.07, 6.45) is 7.94. The number of anilines is 1. The number of aromatic nitrogens is 2. The van der Waals surface area contributed by atoms with E-state index in [4.69, 9.17) is 25.8 Å². The van der Waals surface area contributed by atoms with E-state index in [0.29, 0.717) is 19.8 Å². The zero-order valence-electron chi connectivity index (χ0n) is 22.6. The van der Waals surface area contributed by atoms with Crippen molar-refractivity contribution in [3.63, 3.8) is 0 Å². The summed E-state index contributed by atoms with van der Waals surface area (Å²) >= 11 is 6.02. The first kappa shape index (κ1) is 32.0. The first-order chi connectivity index (χ1) is 18.5. The highest BCUT2D eigenvalue weighted by Gasteiger charge is 2.41. The van der Waals surface area contributed by atoms with Crippen LogP contribution in [0.15, 0.2) is 67.3 Å². The molecule has 0 N–H and O–H groups in total. The molecule has 0 aliphatic carbocycles. The van der Waals surface area contributed by atoms with Gasteiger partial charge in [0.25, 0.3) is 0 Å². The Morgan fingerprint density at radius 1 is 1.07 bits per heavy atom. The van der Waals surface area contributed by atoms with Crippen molar-refractivity contribution in [2.45, 2.75) is 44.6 Å². The van der Waals surface area contributed by atoms with E-state index in [0.717, 1.165) is 61.9 Å². The van der Waals surface area contributed by atoms with Crippen molar-refractivity contribution >= 4 is 48.0 Å². The van der Waals surface area contributed by atoms with Crippen molar-refractivity contribution in [2.75, 3.05) is 44.3 Å². The van der Waals surface area contributed by atoms with Gasteiger partial charge in [0.15, 0.2) is 5.79 Å². The molecule has 3 heterocycles. The van der Waals surface area contributed by atoms with Crippen LogP contribution in [0.25, 0.3) is 0 Å². The Labute approximate surface area is 253 Å². The fourth-order valence-electron chi connectivity index (χ4n) is 5.09. The number of piperazine rings is 1. The molecule has 0 saturated carbocycles. The minimum Gasteiger partial charge on any atom is -0.491 e. The Bertz CT molecular complexity index is 1170. The second-order valence-electron chi connectivity index (χ2n) is 9.97. The number of rotatable bonds is 10. The Balaban J connectivity index is 0.00000220. The van der Waals surface area contributed by atoms with Crippen LogP contribution in [0.4, 0.5) is 5.69 Å². The summed E-state index contributed by atoms with van der Waals surface area (Å²) in [7, 11) is 0. The van der Waals surface area contributed by atoms with Crippen LogP contribution >= 0.6 is 36.4 Å². The van der Waals surface area contributed by atoms with Crippen molar-refractivity contribution in [2.24, 2.45) is 0 Å². The Kier molecular flexibility index (Phi) is 12.0. The largest absolute Gasteiger partial charge is 0.491 e. The molecule has 5 rings (SSSR count). The molecule has 0 spiro atoms. The molecule has 1 amide bonds. The zero-order chi connectivity index (χ0) is 26.4. The number of imidazole rings is 1. The van der Waals surface area contributed by atoms with E-state index in [1.54, 1.807) is 19.4 Å². The standard InChI is InChI=1S/C29H35ClN4O4.2ClH/c1-23(35)33-15-17-34(18-16-33)26-8-10-27(11-9-26)36-19-28-20-37-29(38-28,21-32-14-13-31-22-32)12-2-3-24-4-6-25(30)7-5-24;;/h4-11,13-14,22,28H,2-3,12,15-21H2,1H3;2*1H. The highest BCUT2D eigenvalue weighted by atomic mass is 35.5. The summed E-state index contributed by atoms with van der Waals surface area (Å²) in [5.41, 5.74) is 2.38. The monoisotopic (exact) mass is 610 g/mol. The predicted octanol–water partition coefficient (Wildman–Crippen LogP) is 5.26. The van der Waals surface area contributed by atoms with Crippen LogP contribution in [0.3, 0.4) is 0 Å². The topological polar surface area (TPSA) is 69.1 Å². The summed E-state index contributed by atoms with van der Waals surface area (Å²) in [6.45, 7) is 6.29. The van der Waals surface area contributed by atoms with Crippen molar-refractivity contribution < 1.29 is 19.0 Å². The number of hydrogen-bond donors (Lipinski definition) is 0. The van der Waals surface area contributed by atoms with Gasteiger partial charge in [-0.15, -0.1) is 24.8 Å². The van der Waals surface area contributed by atoms with E-state index in [1.807, 2.05) is 39.9 Å². The van der Waals surface area contributed by atoms with Gasteiger partial charge >= 0.3 is 0 Å². The van der Waals surface area contributed by atoms with Crippen molar-refractivity contribution in [1.29, 1.82) is 0 Å². The van der Waals surface area contributed by atoms with Gasteiger partial charge in [0.1, 0.15) is 18.5 Å². The smallest absolute Gasteiger partial charge is 0.219 e. The third-order valence-electron chi connectivity index (χ3n) is 7.20. The molecule has 2 aliphatic rings. The van der Waals surface area contributed by atoms with E-state index in [9.17, 15) is 4.79 Å². The minimum atomic E-state index is -0.715. The summed E-state index contributed by atoms with van der Waals surface area (Å²) < 4.78 is 20.9. The lowest BCUT2D eigenvalue weighted by Crippen LogP contribution is -2.48. The van der Waals surface area contributed by atoms with Gasteiger partial charge in [-0.3, -0.25) is 4.79 Å². The lowest BCUT2D eigenvalue weighted by molar-refractivity contribution is -0.185. The van der Waals surface area contributed by atoms with Crippen LogP contribution in [0.2, 0.25) is 5.02 Å². The van der Waals surface area contributed by atoms with Gasteiger partial charge in [0.05, 0.1) is 19.5 Å². The first-order valence-electron chi connectivity index (χ1n) is 13.2. The van der Waals surface area contributed by atoms with Gasteiger partial charge in [0, 0.05) is 62.6 Å². The average Bonchev–Trinajstić information content (AvgIpc) is 3.59. The van der Waals surface area contributed by atoms with E-state index < -0.39 is 5.79 Å². The molecule has 8 nitrogen and oxygen atoms in total. The van der Waals surface area contributed by atoms with Gasteiger partial charge < -0.3 is 28.6 Å². The van der Waals surface area contributed by atoms with E-state index >= 15 is 0 Å². The summed E-state index contributed by atoms with van der Waals surface area (Å²) in [5, 5.41) is 0.748. The highest BCUT2D eigenvalue weighted by Crippen LogP contribution is 2.32. The third-order valence-corrected chi connectivity index (χ3v) is 7.45. The van der Waals surface area contributed by atoms with Crippen LogP contribution < -0.4 is 9.64 Å². The normalized spacial score (nSPS) is 20.5. The van der Waals surface area contributed by atoms with Crippen LogP contribution in [-0.2, 0) is 27.2 Å². The average molecular weight is 612 g/mol. The molecule has 218 valence electrons. The maximum atomic E-state index is 11.6. The molecule has 40 heavy (non-hydrogen) atoms. The van der Waals surface area contributed by atoms with Gasteiger partial charge in [-0.25, -0.2) is 4.98 Å². The number of nitrogens with zero attached hydrogens (tertiary/aromatic N) is 4. The lowest BCUT2D eigenvalue weighted by atomic mass is 10.0. The Morgan fingerprint density at radius 3 is 2.45 bits per heavy atom. The Hall–Kier alpha value is -2.49. The molecular weight excluding hydrogens is 575 g/mol. The van der Waals surface area contributed by atoms with E-state index in [2.05, 4.69) is 34.1 Å². The molecule has 0 bridgehead atoms. The summed E-state index contributed by atoms with van der Waals surface area (Å²) in [4.78, 5) is 19.9. The first-order valence-corrected chi connectivity index (χ1v) is 13.6. The van der Waals surface area contributed by atoms with E-state index in [-0.39, 0.29) is 36.8 Å². The molecule has 2 aliphatic heterocycles. The number of benzene rings is 2. The number of aryl methyl sites for hydroxylation is 1. The number of carbonyl (C=O) groups excluding carboxylic acids is 1. The number of hydrogen-bond acceptors (Lipinski definition) is 6. The summed E-state index contributed by atoms with van der Waals surface area (Å²) in [6, 6.07) is 16.1. The third kappa shape index (κ3) is 8.51. The fourth-order valence-corrected chi connectivity index (χ4v) is 5.21. The molecule has 0 radical (unpaired) electrons. The molecular formula is C29H37Cl3N4O4. The molecule has 2 saturated heterocycles. The number of carbonyl (C=O) groups is 1. The number of amides is 1. The van der Waals surface area contributed by atoms with Gasteiger partial charge in [-0.2, -0.15) is 0 Å². The van der Waals surface area contributed by atoms with Crippen molar-refractivity contribution in [3.05, 3.63) is 77.8 Å².